The van der Waals surface area contributed by atoms with Gasteiger partial charge in [0.2, 0.25) is 0 Å². The van der Waals surface area contributed by atoms with Crippen LogP contribution >= 0.6 is 0 Å². The molecule has 0 amide bonds. The monoisotopic (exact) mass is 242 g/mol. The normalized spacial score (nSPS) is 15.0. The number of hydrogen-bond donors (Lipinski definition) is 1. The van der Waals surface area contributed by atoms with Crippen molar-refractivity contribution in [1.29, 1.82) is 0 Å². The molecule has 0 aliphatic rings. The smallest absolute Gasteiger partial charge is 0.0762 e. The molecule has 0 aliphatic heterocycles. The first kappa shape index (κ1) is 13.1. The Hall–Kier alpha value is -1.34. The molecule has 0 saturated heterocycles. The van der Waals surface area contributed by atoms with Gasteiger partial charge in [-0.2, -0.15) is 0 Å². The zero-order valence-corrected chi connectivity index (χ0v) is 11.6. The molecule has 0 aromatic heterocycles. The lowest BCUT2D eigenvalue weighted by atomic mass is 9.89. The number of aliphatic hydroxyl groups excluding tert-OH is 1. The second kappa shape index (κ2) is 5.11. The van der Waals surface area contributed by atoms with Crippen LogP contribution < -0.4 is 0 Å². The van der Waals surface area contributed by atoms with Crippen LogP contribution in [0.15, 0.2) is 36.4 Å². The molecule has 1 heteroatoms. The van der Waals surface area contributed by atoms with Crippen molar-refractivity contribution in [3.05, 3.63) is 47.5 Å². The lowest BCUT2D eigenvalue weighted by Crippen LogP contribution is -2.01. The van der Waals surface area contributed by atoms with Gasteiger partial charge in [0.25, 0.3) is 0 Å². The summed E-state index contributed by atoms with van der Waals surface area (Å²) in [6.07, 6.45) is -0.402. The molecule has 2 aromatic carbocycles. The fraction of sp³-hybridized carbons (Fsp3) is 0.412. The Morgan fingerprint density at radius 1 is 0.778 bits per heavy atom. The van der Waals surface area contributed by atoms with E-state index in [0.29, 0.717) is 11.8 Å². The highest BCUT2D eigenvalue weighted by atomic mass is 16.3. The summed E-state index contributed by atoms with van der Waals surface area (Å²) in [5.74, 6) is 1.20. The largest absolute Gasteiger partial charge is 0.389 e. The minimum Gasteiger partial charge on any atom is -0.389 e. The van der Waals surface area contributed by atoms with Crippen LogP contribution in [0, 0.1) is 5.92 Å². The van der Waals surface area contributed by atoms with Gasteiger partial charge in [-0.25, -0.2) is 0 Å². The van der Waals surface area contributed by atoms with Crippen LogP contribution in [0.3, 0.4) is 0 Å². The van der Waals surface area contributed by atoms with E-state index in [1.54, 1.807) is 0 Å². The van der Waals surface area contributed by atoms with Gasteiger partial charge < -0.3 is 5.11 Å². The van der Waals surface area contributed by atoms with E-state index in [1.807, 2.05) is 13.0 Å². The zero-order chi connectivity index (χ0) is 13.3. The Morgan fingerprint density at radius 2 is 1.33 bits per heavy atom. The summed E-state index contributed by atoms with van der Waals surface area (Å²) in [6.45, 7) is 8.58. The molecule has 0 saturated carbocycles. The molecule has 1 nitrogen and oxygen atoms in total. The lowest BCUT2D eigenvalue weighted by molar-refractivity contribution is 0.199. The van der Waals surface area contributed by atoms with Crippen molar-refractivity contribution in [3.8, 4) is 0 Å². The molecule has 2 rings (SSSR count). The molecule has 0 radical (unpaired) electrons. The van der Waals surface area contributed by atoms with Crippen LogP contribution in [0.25, 0.3) is 10.8 Å². The lowest BCUT2D eigenvalue weighted by Gasteiger charge is -2.17. The predicted molar refractivity (Wildman–Crippen MR) is 77.8 cm³/mol. The van der Waals surface area contributed by atoms with Crippen LogP contribution in [0.4, 0.5) is 0 Å². The quantitative estimate of drug-likeness (QED) is 0.830. The maximum absolute atomic E-state index is 9.65. The summed E-state index contributed by atoms with van der Waals surface area (Å²) in [6, 6.07) is 12.8. The topological polar surface area (TPSA) is 20.2 Å². The van der Waals surface area contributed by atoms with Crippen LogP contribution in [-0.2, 0) is 0 Å². The standard InChI is InChI=1S/C17H22O/c1-11(2)12(3)15-7-5-14-6-8-16(13(4)18)10-17(14)9-15/h5-13,18H,1-4H3. The minimum atomic E-state index is -0.402. The maximum Gasteiger partial charge on any atom is 0.0762 e. The van der Waals surface area contributed by atoms with Crippen molar-refractivity contribution in [2.45, 2.75) is 39.7 Å². The molecule has 0 bridgehead atoms. The number of fused-ring (bicyclic) bond motifs is 1. The maximum atomic E-state index is 9.65. The molecule has 2 aromatic rings. The van der Waals surface area contributed by atoms with Crippen molar-refractivity contribution >= 4 is 10.8 Å². The Bertz CT molecular complexity index is 540. The van der Waals surface area contributed by atoms with Crippen LogP contribution in [0.2, 0.25) is 0 Å². The first-order valence-electron chi connectivity index (χ1n) is 6.70. The van der Waals surface area contributed by atoms with Gasteiger partial charge in [0, 0.05) is 0 Å². The summed E-state index contributed by atoms with van der Waals surface area (Å²) in [4.78, 5) is 0. The molecule has 96 valence electrons. The van der Waals surface area contributed by atoms with E-state index in [4.69, 9.17) is 0 Å². The SMILES string of the molecule is CC(O)c1ccc2ccc(C(C)C(C)C)cc2c1. The molecule has 18 heavy (non-hydrogen) atoms. The Morgan fingerprint density at radius 3 is 1.89 bits per heavy atom. The van der Waals surface area contributed by atoms with Gasteiger partial charge in [-0.1, -0.05) is 51.1 Å². The fourth-order valence-electron chi connectivity index (χ4n) is 2.21. The average molecular weight is 242 g/mol. The molecule has 0 aliphatic carbocycles. The van der Waals surface area contributed by atoms with Crippen LogP contribution in [0.5, 0.6) is 0 Å². The van der Waals surface area contributed by atoms with Crippen molar-refractivity contribution in [2.24, 2.45) is 5.92 Å². The first-order valence-corrected chi connectivity index (χ1v) is 6.70. The second-order valence-electron chi connectivity index (χ2n) is 5.57. The molecule has 0 fully saturated rings. The van der Waals surface area contributed by atoms with Crippen molar-refractivity contribution < 1.29 is 5.11 Å². The van der Waals surface area contributed by atoms with Crippen LogP contribution in [0.1, 0.15) is 50.8 Å². The summed E-state index contributed by atoms with van der Waals surface area (Å²) >= 11 is 0. The summed E-state index contributed by atoms with van der Waals surface area (Å²) in [5.41, 5.74) is 2.36. The summed E-state index contributed by atoms with van der Waals surface area (Å²) in [7, 11) is 0. The number of aliphatic hydroxyl groups is 1. The highest BCUT2D eigenvalue weighted by molar-refractivity contribution is 5.84. The highest BCUT2D eigenvalue weighted by Gasteiger charge is 2.10. The Kier molecular flexibility index (Phi) is 3.72. The van der Waals surface area contributed by atoms with Gasteiger partial charge in [-0.15, -0.1) is 0 Å². The fourth-order valence-corrected chi connectivity index (χ4v) is 2.21. The summed E-state index contributed by atoms with van der Waals surface area (Å²) < 4.78 is 0. The number of rotatable bonds is 3. The first-order chi connectivity index (χ1) is 8.49. The Balaban J connectivity index is 2.48. The van der Waals surface area contributed by atoms with E-state index in [2.05, 4.69) is 51.1 Å². The third-order valence-electron chi connectivity index (χ3n) is 3.90. The molecule has 2 unspecified atom stereocenters. The van der Waals surface area contributed by atoms with E-state index in [1.165, 1.54) is 16.3 Å². The van der Waals surface area contributed by atoms with Gasteiger partial charge in [0.15, 0.2) is 0 Å². The summed E-state index contributed by atoms with van der Waals surface area (Å²) in [5, 5.41) is 12.1. The third-order valence-corrected chi connectivity index (χ3v) is 3.90. The predicted octanol–water partition coefficient (Wildman–Crippen LogP) is 4.65. The Labute approximate surface area is 109 Å². The molecule has 2 atom stereocenters. The van der Waals surface area contributed by atoms with E-state index in [0.717, 1.165) is 5.56 Å². The average Bonchev–Trinajstić information content (AvgIpc) is 2.36. The molecular formula is C17H22O. The number of benzene rings is 2. The van der Waals surface area contributed by atoms with E-state index < -0.39 is 6.10 Å². The molecule has 1 N–H and O–H groups in total. The van der Waals surface area contributed by atoms with Gasteiger partial charge in [-0.05, 0) is 46.7 Å². The van der Waals surface area contributed by atoms with E-state index in [-0.39, 0.29) is 0 Å². The van der Waals surface area contributed by atoms with Crippen molar-refractivity contribution in [3.63, 3.8) is 0 Å². The molecule has 0 heterocycles. The van der Waals surface area contributed by atoms with Gasteiger partial charge in [-0.3, -0.25) is 0 Å². The highest BCUT2D eigenvalue weighted by Crippen LogP contribution is 2.28. The van der Waals surface area contributed by atoms with Gasteiger partial charge in [0.05, 0.1) is 6.10 Å². The number of hydrogen-bond acceptors (Lipinski definition) is 1. The van der Waals surface area contributed by atoms with Gasteiger partial charge >= 0.3 is 0 Å². The van der Waals surface area contributed by atoms with Gasteiger partial charge in [0.1, 0.15) is 0 Å². The van der Waals surface area contributed by atoms with Crippen molar-refractivity contribution in [2.75, 3.05) is 0 Å². The van der Waals surface area contributed by atoms with Crippen molar-refractivity contribution in [1.82, 2.24) is 0 Å². The van der Waals surface area contributed by atoms with E-state index >= 15 is 0 Å². The molecular weight excluding hydrogens is 220 g/mol. The minimum absolute atomic E-state index is 0.402. The zero-order valence-electron chi connectivity index (χ0n) is 11.6. The molecule has 0 spiro atoms. The third kappa shape index (κ3) is 2.56. The van der Waals surface area contributed by atoms with Crippen LogP contribution in [-0.4, -0.2) is 5.11 Å². The second-order valence-corrected chi connectivity index (χ2v) is 5.57. The van der Waals surface area contributed by atoms with E-state index in [9.17, 15) is 5.11 Å².